The lowest BCUT2D eigenvalue weighted by Crippen LogP contribution is -2.03. The Morgan fingerprint density at radius 3 is 2.48 bits per heavy atom. The Morgan fingerprint density at radius 1 is 1.00 bits per heavy atom. The molecule has 0 aliphatic heterocycles. The molecular weight excluding hydrogens is 362 g/mol. The predicted octanol–water partition coefficient (Wildman–Crippen LogP) is 4.72. The van der Waals surface area contributed by atoms with Crippen molar-refractivity contribution in [1.82, 2.24) is 10.1 Å². The summed E-state index contributed by atoms with van der Waals surface area (Å²) in [6, 6.07) is 18.1. The zero-order chi connectivity index (χ0) is 18.8. The molecule has 4 aromatic rings. The zero-order valence-electron chi connectivity index (χ0n) is 14.2. The fraction of sp³-hybridized carbons (Fsp3) is 0.0476. The average Bonchev–Trinajstić information content (AvgIpc) is 3.14. The molecule has 1 atom stereocenters. The van der Waals surface area contributed by atoms with Crippen molar-refractivity contribution >= 4 is 17.3 Å². The quantitative estimate of drug-likeness (QED) is 0.502. The molecule has 0 aliphatic carbocycles. The summed E-state index contributed by atoms with van der Waals surface area (Å²) in [5, 5.41) is 15.8. The zero-order valence-corrected chi connectivity index (χ0v) is 15.0. The molecule has 2 aromatic heterocycles. The molecule has 5 nitrogen and oxygen atoms in total. The SMILES string of the molecule is Nc1ccc(-c2noc(-c3ccccc3Cl)c2C(O)c2cccnc2)cc1. The summed E-state index contributed by atoms with van der Waals surface area (Å²) >= 11 is 6.36. The van der Waals surface area contributed by atoms with Gasteiger partial charge in [-0.15, -0.1) is 0 Å². The van der Waals surface area contributed by atoms with Gasteiger partial charge in [0, 0.05) is 34.8 Å². The Labute approximate surface area is 161 Å². The molecule has 2 aromatic carbocycles. The number of rotatable bonds is 4. The summed E-state index contributed by atoms with van der Waals surface area (Å²) in [6.07, 6.45) is 2.28. The minimum Gasteiger partial charge on any atom is -0.399 e. The van der Waals surface area contributed by atoms with E-state index in [2.05, 4.69) is 10.1 Å². The maximum absolute atomic E-state index is 11.1. The molecule has 0 saturated heterocycles. The third kappa shape index (κ3) is 3.30. The van der Waals surface area contributed by atoms with Crippen molar-refractivity contribution in [1.29, 1.82) is 0 Å². The van der Waals surface area contributed by atoms with Crippen molar-refractivity contribution in [3.8, 4) is 22.6 Å². The number of nitrogen functional groups attached to an aromatic ring is 1. The first-order valence-electron chi connectivity index (χ1n) is 8.33. The summed E-state index contributed by atoms with van der Waals surface area (Å²) in [7, 11) is 0. The van der Waals surface area contributed by atoms with Gasteiger partial charge in [0.1, 0.15) is 11.8 Å². The van der Waals surface area contributed by atoms with Crippen LogP contribution < -0.4 is 5.73 Å². The smallest absolute Gasteiger partial charge is 0.175 e. The fourth-order valence-corrected chi connectivity index (χ4v) is 3.17. The molecule has 2 heterocycles. The standard InChI is InChI=1S/C21H16ClN3O2/c22-17-6-2-1-5-16(17)21-18(20(26)14-4-3-11-24-12-14)19(25-27-21)13-7-9-15(23)10-8-13/h1-12,20,26H,23H2. The molecule has 0 fully saturated rings. The normalized spacial score (nSPS) is 12.1. The molecular formula is C21H16ClN3O2. The van der Waals surface area contributed by atoms with Crippen LogP contribution in [0.4, 0.5) is 5.69 Å². The number of pyridine rings is 1. The summed E-state index contributed by atoms with van der Waals surface area (Å²) in [4.78, 5) is 4.10. The van der Waals surface area contributed by atoms with Crippen LogP contribution in [0.3, 0.4) is 0 Å². The highest BCUT2D eigenvalue weighted by Gasteiger charge is 2.27. The number of aliphatic hydroxyl groups is 1. The minimum atomic E-state index is -0.983. The number of halogens is 1. The van der Waals surface area contributed by atoms with E-state index in [1.54, 1.807) is 42.7 Å². The number of hydrogen-bond donors (Lipinski definition) is 2. The van der Waals surface area contributed by atoms with Gasteiger partial charge in [-0.25, -0.2) is 0 Å². The largest absolute Gasteiger partial charge is 0.399 e. The van der Waals surface area contributed by atoms with Crippen LogP contribution in [0.2, 0.25) is 5.02 Å². The molecule has 4 rings (SSSR count). The molecule has 6 heteroatoms. The van der Waals surface area contributed by atoms with Crippen LogP contribution in [0.25, 0.3) is 22.6 Å². The number of hydrogen-bond acceptors (Lipinski definition) is 5. The molecule has 27 heavy (non-hydrogen) atoms. The van der Waals surface area contributed by atoms with Crippen LogP contribution in [0.5, 0.6) is 0 Å². The predicted molar refractivity (Wildman–Crippen MR) is 105 cm³/mol. The van der Waals surface area contributed by atoms with Crippen LogP contribution in [-0.4, -0.2) is 15.2 Å². The lowest BCUT2D eigenvalue weighted by Gasteiger charge is -2.13. The second-order valence-corrected chi connectivity index (χ2v) is 6.47. The van der Waals surface area contributed by atoms with E-state index in [-0.39, 0.29) is 0 Å². The Kier molecular flexibility index (Phi) is 4.62. The van der Waals surface area contributed by atoms with Gasteiger partial charge in [-0.1, -0.05) is 47.1 Å². The van der Waals surface area contributed by atoms with E-state index >= 15 is 0 Å². The summed E-state index contributed by atoms with van der Waals surface area (Å²) < 4.78 is 5.64. The summed E-state index contributed by atoms with van der Waals surface area (Å²) in [5.74, 6) is 0.420. The Hall–Kier alpha value is -3.15. The van der Waals surface area contributed by atoms with Gasteiger partial charge < -0.3 is 15.4 Å². The van der Waals surface area contributed by atoms with Gasteiger partial charge in [0.2, 0.25) is 0 Å². The Bertz CT molecular complexity index is 1060. The van der Waals surface area contributed by atoms with Crippen molar-refractivity contribution in [2.24, 2.45) is 0 Å². The van der Waals surface area contributed by atoms with Crippen LogP contribution in [0.15, 0.2) is 77.6 Å². The van der Waals surface area contributed by atoms with E-state index in [1.165, 1.54) is 0 Å². The molecule has 0 spiro atoms. The Morgan fingerprint density at radius 2 is 1.78 bits per heavy atom. The molecule has 134 valence electrons. The third-order valence-corrected chi connectivity index (χ3v) is 4.63. The second kappa shape index (κ2) is 7.23. The van der Waals surface area contributed by atoms with Gasteiger partial charge in [-0.3, -0.25) is 4.98 Å². The highest BCUT2D eigenvalue weighted by atomic mass is 35.5. The summed E-state index contributed by atoms with van der Waals surface area (Å²) in [6.45, 7) is 0. The van der Waals surface area contributed by atoms with Gasteiger partial charge in [-0.2, -0.15) is 0 Å². The first-order chi connectivity index (χ1) is 13.1. The van der Waals surface area contributed by atoms with Gasteiger partial charge >= 0.3 is 0 Å². The number of nitrogens with two attached hydrogens (primary N) is 1. The number of aliphatic hydroxyl groups excluding tert-OH is 1. The van der Waals surface area contributed by atoms with Crippen molar-refractivity contribution in [2.75, 3.05) is 5.73 Å². The molecule has 0 radical (unpaired) electrons. The number of aromatic nitrogens is 2. The van der Waals surface area contributed by atoms with Crippen molar-refractivity contribution in [2.45, 2.75) is 6.10 Å². The van der Waals surface area contributed by atoms with E-state index in [4.69, 9.17) is 21.9 Å². The van der Waals surface area contributed by atoms with Crippen LogP contribution in [0, 0.1) is 0 Å². The molecule has 0 bridgehead atoms. The monoisotopic (exact) mass is 377 g/mol. The maximum Gasteiger partial charge on any atom is 0.175 e. The molecule has 3 N–H and O–H groups in total. The number of benzene rings is 2. The molecule has 0 saturated carbocycles. The van der Waals surface area contributed by atoms with Gasteiger partial charge in [0.15, 0.2) is 5.76 Å². The topological polar surface area (TPSA) is 85.2 Å². The van der Waals surface area contributed by atoms with E-state index in [9.17, 15) is 5.11 Å². The van der Waals surface area contributed by atoms with E-state index in [0.717, 1.165) is 5.56 Å². The van der Waals surface area contributed by atoms with Crippen LogP contribution in [-0.2, 0) is 0 Å². The average molecular weight is 378 g/mol. The van der Waals surface area contributed by atoms with Crippen molar-refractivity contribution in [3.63, 3.8) is 0 Å². The van der Waals surface area contributed by atoms with Gasteiger partial charge in [0.25, 0.3) is 0 Å². The van der Waals surface area contributed by atoms with Gasteiger partial charge in [-0.05, 0) is 30.3 Å². The van der Waals surface area contributed by atoms with E-state index in [0.29, 0.717) is 38.9 Å². The maximum atomic E-state index is 11.1. The highest BCUT2D eigenvalue weighted by Crippen LogP contribution is 2.41. The lowest BCUT2D eigenvalue weighted by molar-refractivity contribution is 0.220. The van der Waals surface area contributed by atoms with E-state index < -0.39 is 6.10 Å². The third-order valence-electron chi connectivity index (χ3n) is 4.30. The first-order valence-corrected chi connectivity index (χ1v) is 8.71. The number of nitrogens with zero attached hydrogens (tertiary/aromatic N) is 2. The second-order valence-electron chi connectivity index (χ2n) is 6.06. The fourth-order valence-electron chi connectivity index (χ4n) is 2.94. The van der Waals surface area contributed by atoms with Crippen molar-refractivity contribution < 1.29 is 9.63 Å². The molecule has 0 amide bonds. The Balaban J connectivity index is 1.93. The highest BCUT2D eigenvalue weighted by molar-refractivity contribution is 6.33. The first kappa shape index (κ1) is 17.3. The number of anilines is 1. The lowest BCUT2D eigenvalue weighted by atomic mass is 9.95. The summed E-state index contributed by atoms with van der Waals surface area (Å²) in [5.41, 5.74) is 9.56. The molecule has 1 unspecified atom stereocenters. The van der Waals surface area contributed by atoms with Crippen molar-refractivity contribution in [3.05, 3.63) is 89.2 Å². The minimum absolute atomic E-state index is 0.420. The van der Waals surface area contributed by atoms with Gasteiger partial charge in [0.05, 0.1) is 10.6 Å². The van der Waals surface area contributed by atoms with Crippen LogP contribution in [0.1, 0.15) is 17.2 Å². The van der Waals surface area contributed by atoms with Crippen LogP contribution >= 0.6 is 11.6 Å². The van der Waals surface area contributed by atoms with E-state index in [1.807, 2.05) is 30.3 Å². The molecule has 0 aliphatic rings.